The Kier molecular flexibility index (Phi) is 2.24. The molecular formula is C5H11O3S-. The van der Waals surface area contributed by atoms with Crippen LogP contribution in [-0.2, 0) is 10.1 Å². The van der Waals surface area contributed by atoms with Gasteiger partial charge in [-0.3, -0.25) is 0 Å². The molecule has 0 fully saturated rings. The van der Waals surface area contributed by atoms with Crippen molar-refractivity contribution in [3.8, 4) is 0 Å². The van der Waals surface area contributed by atoms with Crippen molar-refractivity contribution in [2.24, 2.45) is 5.41 Å². The van der Waals surface area contributed by atoms with E-state index in [0.717, 1.165) is 0 Å². The van der Waals surface area contributed by atoms with Crippen molar-refractivity contribution in [2.75, 3.05) is 5.75 Å². The summed E-state index contributed by atoms with van der Waals surface area (Å²) in [5, 5.41) is 0. The first-order chi connectivity index (χ1) is 3.71. The fourth-order valence-corrected chi connectivity index (χ4v) is 1.59. The SMILES string of the molecule is CC(C)(C)CS(=O)(=O)[O-]. The molecule has 0 aliphatic rings. The molecule has 0 aromatic heterocycles. The molecule has 0 rings (SSSR count). The van der Waals surface area contributed by atoms with Gasteiger partial charge in [0.05, 0.1) is 10.1 Å². The molecular weight excluding hydrogens is 140 g/mol. The summed E-state index contributed by atoms with van der Waals surface area (Å²) in [6.07, 6.45) is 0. The van der Waals surface area contributed by atoms with Crippen molar-refractivity contribution in [1.82, 2.24) is 0 Å². The molecule has 4 heteroatoms. The van der Waals surface area contributed by atoms with Crippen LogP contribution in [0.1, 0.15) is 20.8 Å². The summed E-state index contributed by atoms with van der Waals surface area (Å²) in [6, 6.07) is 0. The van der Waals surface area contributed by atoms with Crippen LogP contribution >= 0.6 is 0 Å². The summed E-state index contributed by atoms with van der Waals surface area (Å²) in [6.45, 7) is 5.13. The van der Waals surface area contributed by atoms with Gasteiger partial charge in [-0.25, -0.2) is 8.42 Å². The summed E-state index contributed by atoms with van der Waals surface area (Å²) in [4.78, 5) is 0. The minimum absolute atomic E-state index is 0.292. The van der Waals surface area contributed by atoms with Crippen molar-refractivity contribution in [3.63, 3.8) is 0 Å². The van der Waals surface area contributed by atoms with E-state index in [1.54, 1.807) is 20.8 Å². The van der Waals surface area contributed by atoms with E-state index < -0.39 is 15.5 Å². The molecule has 0 heterocycles. The minimum Gasteiger partial charge on any atom is -0.748 e. The van der Waals surface area contributed by atoms with Crippen molar-refractivity contribution >= 4 is 10.1 Å². The molecule has 0 N–H and O–H groups in total. The van der Waals surface area contributed by atoms with Crippen LogP contribution in [0.2, 0.25) is 0 Å². The molecule has 0 aliphatic carbocycles. The topological polar surface area (TPSA) is 57.2 Å². The lowest BCUT2D eigenvalue weighted by Crippen LogP contribution is -2.19. The van der Waals surface area contributed by atoms with E-state index in [9.17, 15) is 13.0 Å². The van der Waals surface area contributed by atoms with E-state index in [1.165, 1.54) is 0 Å². The first-order valence-electron chi connectivity index (χ1n) is 2.64. The Labute approximate surface area is 55.8 Å². The maximum Gasteiger partial charge on any atom is 0.0951 e. The lowest BCUT2D eigenvalue weighted by Gasteiger charge is -2.19. The molecule has 56 valence electrons. The fourth-order valence-electron chi connectivity index (χ4n) is 0.530. The second-order valence-electron chi connectivity index (χ2n) is 3.26. The third kappa shape index (κ3) is 7.91. The first-order valence-corrected chi connectivity index (χ1v) is 4.22. The number of hydrogen-bond donors (Lipinski definition) is 0. The van der Waals surface area contributed by atoms with Crippen molar-refractivity contribution in [2.45, 2.75) is 20.8 Å². The highest BCUT2D eigenvalue weighted by molar-refractivity contribution is 7.85. The van der Waals surface area contributed by atoms with Gasteiger partial charge >= 0.3 is 0 Å². The van der Waals surface area contributed by atoms with Crippen LogP contribution in [-0.4, -0.2) is 18.7 Å². The molecule has 0 aromatic rings. The molecule has 0 radical (unpaired) electrons. The van der Waals surface area contributed by atoms with E-state index in [4.69, 9.17) is 0 Å². The molecule has 0 saturated heterocycles. The van der Waals surface area contributed by atoms with Gasteiger partial charge in [-0.05, 0) is 5.41 Å². The highest BCUT2D eigenvalue weighted by Crippen LogP contribution is 2.14. The Bertz CT molecular complexity index is 173. The van der Waals surface area contributed by atoms with Gasteiger partial charge < -0.3 is 4.55 Å². The molecule has 0 aromatic carbocycles. The van der Waals surface area contributed by atoms with Crippen LogP contribution < -0.4 is 0 Å². The third-order valence-electron chi connectivity index (χ3n) is 0.610. The summed E-state index contributed by atoms with van der Waals surface area (Å²) in [5.41, 5.74) is -0.416. The summed E-state index contributed by atoms with van der Waals surface area (Å²) >= 11 is 0. The molecule has 0 aliphatic heterocycles. The van der Waals surface area contributed by atoms with Crippen LogP contribution in [0.5, 0.6) is 0 Å². The molecule has 0 saturated carbocycles. The van der Waals surface area contributed by atoms with Crippen LogP contribution in [0.3, 0.4) is 0 Å². The zero-order valence-electron chi connectivity index (χ0n) is 5.84. The Morgan fingerprint density at radius 2 is 1.67 bits per heavy atom. The van der Waals surface area contributed by atoms with E-state index in [-0.39, 0.29) is 5.75 Å². The third-order valence-corrected chi connectivity index (χ3v) is 1.83. The van der Waals surface area contributed by atoms with Gasteiger partial charge in [0.25, 0.3) is 0 Å². The second kappa shape index (κ2) is 2.27. The molecule has 9 heavy (non-hydrogen) atoms. The molecule has 3 nitrogen and oxygen atoms in total. The lowest BCUT2D eigenvalue weighted by atomic mass is 10.0. The van der Waals surface area contributed by atoms with E-state index >= 15 is 0 Å². The van der Waals surface area contributed by atoms with Crippen LogP contribution in [0.4, 0.5) is 0 Å². The minimum atomic E-state index is -4.03. The van der Waals surface area contributed by atoms with Gasteiger partial charge in [0.15, 0.2) is 0 Å². The largest absolute Gasteiger partial charge is 0.748 e. The second-order valence-corrected chi connectivity index (χ2v) is 4.67. The number of rotatable bonds is 1. The van der Waals surface area contributed by atoms with E-state index in [1.807, 2.05) is 0 Å². The predicted molar refractivity (Wildman–Crippen MR) is 34.0 cm³/mol. The van der Waals surface area contributed by atoms with Crippen molar-refractivity contribution < 1.29 is 13.0 Å². The van der Waals surface area contributed by atoms with Crippen molar-refractivity contribution in [3.05, 3.63) is 0 Å². The van der Waals surface area contributed by atoms with Gasteiger partial charge in [-0.15, -0.1) is 0 Å². The highest BCUT2D eigenvalue weighted by atomic mass is 32.2. The first kappa shape index (κ1) is 8.91. The molecule has 0 atom stereocenters. The monoisotopic (exact) mass is 151 g/mol. The van der Waals surface area contributed by atoms with E-state index in [2.05, 4.69) is 0 Å². The average Bonchev–Trinajstić information content (AvgIpc) is 1.14. The van der Waals surface area contributed by atoms with Gasteiger partial charge in [-0.2, -0.15) is 0 Å². The van der Waals surface area contributed by atoms with Crippen molar-refractivity contribution in [1.29, 1.82) is 0 Å². The van der Waals surface area contributed by atoms with Gasteiger partial charge in [0, 0.05) is 5.75 Å². The van der Waals surface area contributed by atoms with Gasteiger partial charge in [0.1, 0.15) is 0 Å². The van der Waals surface area contributed by atoms with E-state index in [0.29, 0.717) is 0 Å². The summed E-state index contributed by atoms with van der Waals surface area (Å²) in [5.74, 6) is -0.292. The predicted octanol–water partition coefficient (Wildman–Crippen LogP) is 0.578. The van der Waals surface area contributed by atoms with Gasteiger partial charge in [0.2, 0.25) is 0 Å². The Morgan fingerprint density at radius 3 is 1.67 bits per heavy atom. The smallest absolute Gasteiger partial charge is 0.0951 e. The Hall–Kier alpha value is -0.0900. The van der Waals surface area contributed by atoms with Crippen LogP contribution in [0.25, 0.3) is 0 Å². The number of hydrogen-bond acceptors (Lipinski definition) is 3. The summed E-state index contributed by atoms with van der Waals surface area (Å²) < 4.78 is 30.3. The molecule has 0 unspecified atom stereocenters. The van der Waals surface area contributed by atoms with Crippen LogP contribution in [0.15, 0.2) is 0 Å². The standard InChI is InChI=1S/C5H12O3S/c1-5(2,3)4-9(6,7)8/h4H2,1-3H3,(H,6,7,8)/p-1. The molecule has 0 spiro atoms. The highest BCUT2D eigenvalue weighted by Gasteiger charge is 2.13. The maximum atomic E-state index is 10.1. The maximum absolute atomic E-state index is 10.1. The zero-order valence-corrected chi connectivity index (χ0v) is 6.66. The van der Waals surface area contributed by atoms with Gasteiger partial charge in [-0.1, -0.05) is 20.8 Å². The molecule has 0 amide bonds. The Morgan fingerprint density at radius 1 is 1.33 bits per heavy atom. The van der Waals surface area contributed by atoms with Crippen LogP contribution in [0, 0.1) is 5.41 Å². The fraction of sp³-hybridized carbons (Fsp3) is 1.00. The normalized spacial score (nSPS) is 13.8. The molecule has 0 bridgehead atoms. The quantitative estimate of drug-likeness (QED) is 0.515. The Balaban J connectivity index is 4.07. The summed E-state index contributed by atoms with van der Waals surface area (Å²) in [7, 11) is -4.03. The lowest BCUT2D eigenvalue weighted by molar-refractivity contribution is 0.412. The zero-order chi connectivity index (χ0) is 7.71. The average molecular weight is 151 g/mol.